The van der Waals surface area contributed by atoms with Gasteiger partial charge in [0.05, 0.1) is 18.0 Å². The quantitative estimate of drug-likeness (QED) is 0.672. The van der Waals surface area contributed by atoms with Gasteiger partial charge in [0, 0.05) is 17.4 Å². The van der Waals surface area contributed by atoms with Gasteiger partial charge in [-0.15, -0.1) is 0 Å². The Morgan fingerprint density at radius 2 is 1.67 bits per heavy atom. The lowest BCUT2D eigenvalue weighted by Crippen LogP contribution is -2.25. The molecule has 2 heterocycles. The van der Waals surface area contributed by atoms with E-state index in [2.05, 4.69) is 25.7 Å². The first-order valence-electron chi connectivity index (χ1n) is 6.53. The number of hydrogen-bond donors (Lipinski definition) is 4. The van der Waals surface area contributed by atoms with Crippen molar-refractivity contribution in [3.63, 3.8) is 0 Å². The molecule has 0 atom stereocenters. The Labute approximate surface area is 121 Å². The van der Waals surface area contributed by atoms with Crippen molar-refractivity contribution in [1.82, 2.24) is 25.7 Å². The summed E-state index contributed by atoms with van der Waals surface area (Å²) in [6, 6.07) is 0.409. The molecule has 0 saturated heterocycles. The largest absolute Gasteiger partial charge is 0.478 e. The second-order valence-electron chi connectivity index (χ2n) is 4.87. The minimum atomic E-state index is -0.943. The third-order valence-electron chi connectivity index (χ3n) is 3.05. The first-order valence-corrected chi connectivity index (χ1v) is 6.53. The third-order valence-corrected chi connectivity index (χ3v) is 3.05. The molecule has 1 saturated carbocycles. The minimum Gasteiger partial charge on any atom is -0.478 e. The van der Waals surface area contributed by atoms with Gasteiger partial charge in [-0.25, -0.2) is 4.79 Å². The Hall–Kier alpha value is -2.64. The van der Waals surface area contributed by atoms with E-state index in [4.69, 9.17) is 5.11 Å². The summed E-state index contributed by atoms with van der Waals surface area (Å²) < 4.78 is 0. The minimum absolute atomic E-state index is 0.0104. The van der Waals surface area contributed by atoms with E-state index in [9.17, 15) is 9.59 Å². The van der Waals surface area contributed by atoms with Crippen LogP contribution in [0.5, 0.6) is 0 Å². The van der Waals surface area contributed by atoms with Crippen LogP contribution in [0.2, 0.25) is 0 Å². The summed E-state index contributed by atoms with van der Waals surface area (Å²) in [5.74, 6) is -0.954. The molecule has 0 aromatic carbocycles. The van der Waals surface area contributed by atoms with E-state index < -0.39 is 5.97 Å². The number of carbonyl (C=O) groups is 2. The van der Waals surface area contributed by atoms with Crippen molar-refractivity contribution in [2.45, 2.75) is 32.7 Å². The Bertz CT molecular complexity index is 642. The maximum atomic E-state index is 11.4. The van der Waals surface area contributed by atoms with E-state index in [1.54, 1.807) is 13.1 Å². The van der Waals surface area contributed by atoms with Crippen LogP contribution >= 0.6 is 0 Å². The second-order valence-corrected chi connectivity index (χ2v) is 4.87. The molecule has 2 aromatic heterocycles. The highest BCUT2D eigenvalue weighted by Gasteiger charge is 2.24. The highest BCUT2D eigenvalue weighted by Crippen LogP contribution is 2.19. The van der Waals surface area contributed by atoms with Crippen LogP contribution in [0.4, 0.5) is 0 Å². The topological polar surface area (TPSA) is 124 Å². The molecule has 4 N–H and O–H groups in total. The smallest absolute Gasteiger partial charge is 0.339 e. The first kappa shape index (κ1) is 14.8. The molecule has 1 aliphatic rings. The van der Waals surface area contributed by atoms with Gasteiger partial charge < -0.3 is 10.4 Å². The Morgan fingerprint density at radius 3 is 2.00 bits per heavy atom. The van der Waals surface area contributed by atoms with E-state index >= 15 is 0 Å². The number of carboxylic acids is 1. The molecule has 2 aromatic rings. The fourth-order valence-electron chi connectivity index (χ4n) is 1.64. The van der Waals surface area contributed by atoms with Crippen molar-refractivity contribution in [3.05, 3.63) is 34.9 Å². The molecular formula is C13H17N5O3. The third kappa shape index (κ3) is 3.91. The van der Waals surface area contributed by atoms with Crippen LogP contribution in [0.1, 0.15) is 44.9 Å². The molecule has 8 nitrogen and oxygen atoms in total. The molecule has 0 bridgehead atoms. The average Bonchev–Trinajstić information content (AvgIpc) is 2.95. The van der Waals surface area contributed by atoms with Crippen LogP contribution in [0.15, 0.2) is 12.4 Å². The summed E-state index contributed by atoms with van der Waals surface area (Å²) >= 11 is 0. The summed E-state index contributed by atoms with van der Waals surface area (Å²) in [6.07, 6.45) is 5.08. The number of rotatable bonds is 3. The number of nitrogens with one attached hydrogen (secondary N) is 3. The van der Waals surface area contributed by atoms with Crippen molar-refractivity contribution in [3.8, 4) is 0 Å². The molecular weight excluding hydrogens is 274 g/mol. The number of H-pyrrole nitrogens is 2. The lowest BCUT2D eigenvalue weighted by Gasteiger charge is -1.99. The zero-order valence-corrected chi connectivity index (χ0v) is 11.8. The maximum Gasteiger partial charge on any atom is 0.339 e. The van der Waals surface area contributed by atoms with Gasteiger partial charge in [0.1, 0.15) is 5.56 Å². The number of hydrogen-bond acceptors (Lipinski definition) is 4. The molecule has 0 radical (unpaired) electrons. The summed E-state index contributed by atoms with van der Waals surface area (Å²) in [7, 11) is 0. The van der Waals surface area contributed by atoms with E-state index in [0.717, 1.165) is 18.5 Å². The van der Waals surface area contributed by atoms with E-state index in [1.165, 1.54) is 6.20 Å². The SMILES string of the molecule is Cc1[nH]ncc1C(=O)NC1CC1.Cc1[nH]ncc1C(=O)O. The number of aromatic carboxylic acids is 1. The zero-order valence-electron chi connectivity index (χ0n) is 11.8. The number of carbonyl (C=O) groups excluding carboxylic acids is 1. The normalized spacial score (nSPS) is 13.2. The molecule has 3 rings (SSSR count). The van der Waals surface area contributed by atoms with Crippen LogP contribution in [-0.4, -0.2) is 43.4 Å². The maximum absolute atomic E-state index is 11.4. The van der Waals surface area contributed by atoms with Crippen molar-refractivity contribution < 1.29 is 14.7 Å². The number of aromatic amines is 2. The lowest BCUT2D eigenvalue weighted by atomic mass is 10.2. The number of carboxylic acid groups (broad SMARTS) is 1. The molecule has 0 unspecified atom stereocenters. The van der Waals surface area contributed by atoms with E-state index in [1.807, 2.05) is 6.92 Å². The average molecular weight is 291 g/mol. The monoisotopic (exact) mass is 291 g/mol. The van der Waals surface area contributed by atoms with Gasteiger partial charge >= 0.3 is 5.97 Å². The Morgan fingerprint density at radius 1 is 1.14 bits per heavy atom. The van der Waals surface area contributed by atoms with Crippen LogP contribution in [-0.2, 0) is 0 Å². The zero-order chi connectivity index (χ0) is 15.4. The van der Waals surface area contributed by atoms with Gasteiger partial charge in [0.25, 0.3) is 5.91 Å². The summed E-state index contributed by atoms with van der Waals surface area (Å²) in [5.41, 5.74) is 2.30. The molecule has 112 valence electrons. The van der Waals surface area contributed by atoms with Crippen molar-refractivity contribution in [2.24, 2.45) is 0 Å². The highest BCUT2D eigenvalue weighted by molar-refractivity contribution is 5.95. The first-order chi connectivity index (χ1) is 9.99. The second kappa shape index (κ2) is 6.21. The number of amides is 1. The molecule has 1 aliphatic carbocycles. The fourth-order valence-corrected chi connectivity index (χ4v) is 1.64. The summed E-state index contributed by atoms with van der Waals surface area (Å²) in [4.78, 5) is 21.6. The summed E-state index contributed by atoms with van der Waals surface area (Å²) in [6.45, 7) is 3.51. The summed E-state index contributed by atoms with van der Waals surface area (Å²) in [5, 5.41) is 23.9. The fraction of sp³-hybridized carbons (Fsp3) is 0.385. The van der Waals surface area contributed by atoms with Gasteiger partial charge in [0.2, 0.25) is 0 Å². The van der Waals surface area contributed by atoms with Gasteiger partial charge in [-0.05, 0) is 26.7 Å². The predicted octanol–water partition coefficient (Wildman–Crippen LogP) is 1.03. The van der Waals surface area contributed by atoms with Gasteiger partial charge in [-0.1, -0.05) is 0 Å². The molecule has 8 heteroatoms. The lowest BCUT2D eigenvalue weighted by molar-refractivity contribution is 0.0696. The standard InChI is InChI=1S/C8H11N3O.C5H6N2O2/c1-5-7(4-9-11-5)8(12)10-6-2-3-6;1-3-4(5(8)9)2-6-7-3/h4,6H,2-3H2,1H3,(H,9,11)(H,10,12);2H,1H3,(H,6,7)(H,8,9). The van der Waals surface area contributed by atoms with Gasteiger partial charge in [-0.3, -0.25) is 15.0 Å². The predicted molar refractivity (Wildman–Crippen MR) is 74.1 cm³/mol. The van der Waals surface area contributed by atoms with Crippen LogP contribution in [0.3, 0.4) is 0 Å². The van der Waals surface area contributed by atoms with E-state index in [0.29, 0.717) is 17.3 Å². The van der Waals surface area contributed by atoms with Crippen molar-refractivity contribution >= 4 is 11.9 Å². The highest BCUT2D eigenvalue weighted by atomic mass is 16.4. The molecule has 0 spiro atoms. The van der Waals surface area contributed by atoms with Crippen LogP contribution in [0.25, 0.3) is 0 Å². The van der Waals surface area contributed by atoms with Crippen LogP contribution in [0, 0.1) is 13.8 Å². The molecule has 0 aliphatic heterocycles. The number of nitrogens with zero attached hydrogens (tertiary/aromatic N) is 2. The number of aryl methyl sites for hydroxylation is 2. The Kier molecular flexibility index (Phi) is 4.36. The van der Waals surface area contributed by atoms with Crippen molar-refractivity contribution in [2.75, 3.05) is 0 Å². The van der Waals surface area contributed by atoms with E-state index in [-0.39, 0.29) is 11.5 Å². The van der Waals surface area contributed by atoms with Crippen LogP contribution < -0.4 is 5.32 Å². The van der Waals surface area contributed by atoms with Gasteiger partial charge in [0.15, 0.2) is 0 Å². The molecule has 21 heavy (non-hydrogen) atoms. The van der Waals surface area contributed by atoms with Gasteiger partial charge in [-0.2, -0.15) is 10.2 Å². The number of aromatic nitrogens is 4. The molecule has 1 fully saturated rings. The Balaban J connectivity index is 0.000000161. The molecule has 1 amide bonds. The van der Waals surface area contributed by atoms with Crippen molar-refractivity contribution in [1.29, 1.82) is 0 Å².